The van der Waals surface area contributed by atoms with Crippen molar-refractivity contribution in [3.63, 3.8) is 0 Å². The summed E-state index contributed by atoms with van der Waals surface area (Å²) < 4.78 is 12.7. The highest BCUT2D eigenvalue weighted by Crippen LogP contribution is 2.25. The Labute approximate surface area is 78.8 Å². The Hall–Kier alpha value is -1.98. The molecule has 1 atom stereocenters. The minimum atomic E-state index is -0.594. The first kappa shape index (κ1) is 8.61. The van der Waals surface area contributed by atoms with Gasteiger partial charge in [0.1, 0.15) is 5.82 Å². The number of nitrogens with two attached hydrogens (primary N) is 1. The van der Waals surface area contributed by atoms with Crippen LogP contribution >= 0.6 is 0 Å². The number of halogens is 1. The van der Waals surface area contributed by atoms with Crippen molar-refractivity contribution in [2.24, 2.45) is 10.2 Å². The molecule has 1 aromatic carbocycles. The number of carbonyl (C=O) groups excluding carboxylic acids is 1. The molecule has 0 saturated carbocycles. The van der Waals surface area contributed by atoms with Crippen LogP contribution in [0.1, 0.15) is 11.7 Å². The Kier molecular flexibility index (Phi) is 1.88. The Morgan fingerprint density at radius 2 is 2.29 bits per heavy atom. The summed E-state index contributed by atoms with van der Waals surface area (Å²) in [5.74, 6) is -0.424. The average molecular weight is 194 g/mol. The predicted octanol–water partition coefficient (Wildman–Crippen LogP) is 1.58. The van der Waals surface area contributed by atoms with Gasteiger partial charge in [0.25, 0.3) is 0 Å². The van der Waals surface area contributed by atoms with Gasteiger partial charge in [-0.2, -0.15) is 5.11 Å². The summed E-state index contributed by atoms with van der Waals surface area (Å²) in [6, 6.07) is 3.39. The molecule has 2 amide bonds. The molecule has 1 aliphatic heterocycles. The minimum absolute atomic E-state index is 0.246. The molecule has 0 aliphatic carbocycles. The SMILES string of the molecule is Nc1cc(F)ccc1C1N=NC(=O)N1. The normalized spacial score (nSPS) is 19.8. The zero-order valence-electron chi connectivity index (χ0n) is 7.07. The fraction of sp³-hybridized carbons (Fsp3) is 0.125. The molecule has 3 N–H and O–H groups in total. The first-order valence-corrected chi connectivity index (χ1v) is 3.93. The summed E-state index contributed by atoms with van der Waals surface area (Å²) in [7, 11) is 0. The number of carbonyl (C=O) groups is 1. The van der Waals surface area contributed by atoms with Gasteiger partial charge >= 0.3 is 6.03 Å². The molecule has 1 aromatic rings. The van der Waals surface area contributed by atoms with Crippen LogP contribution in [0.25, 0.3) is 0 Å². The van der Waals surface area contributed by atoms with Crippen molar-refractivity contribution < 1.29 is 9.18 Å². The topological polar surface area (TPSA) is 79.8 Å². The van der Waals surface area contributed by atoms with Gasteiger partial charge in [-0.1, -0.05) is 5.11 Å². The molecule has 0 saturated heterocycles. The largest absolute Gasteiger partial charge is 0.398 e. The number of nitrogens with one attached hydrogen (secondary N) is 1. The number of anilines is 1. The van der Waals surface area contributed by atoms with E-state index in [0.717, 1.165) is 0 Å². The molecule has 1 aliphatic rings. The third-order valence-electron chi connectivity index (χ3n) is 1.87. The number of rotatable bonds is 1. The first-order valence-electron chi connectivity index (χ1n) is 3.93. The third kappa shape index (κ3) is 1.41. The zero-order valence-corrected chi connectivity index (χ0v) is 7.07. The molecule has 2 rings (SSSR count). The summed E-state index contributed by atoms with van der Waals surface area (Å²) in [6.45, 7) is 0. The molecule has 0 aromatic heterocycles. The molecular weight excluding hydrogens is 187 g/mol. The maximum atomic E-state index is 12.7. The Morgan fingerprint density at radius 3 is 2.86 bits per heavy atom. The van der Waals surface area contributed by atoms with E-state index < -0.39 is 18.0 Å². The molecule has 14 heavy (non-hydrogen) atoms. The van der Waals surface area contributed by atoms with E-state index in [1.807, 2.05) is 0 Å². The molecule has 72 valence electrons. The van der Waals surface area contributed by atoms with Crippen LogP contribution in [-0.2, 0) is 0 Å². The Balaban J connectivity index is 2.33. The number of hydrogen-bond acceptors (Lipinski definition) is 3. The molecule has 0 spiro atoms. The fourth-order valence-electron chi connectivity index (χ4n) is 1.22. The fourth-order valence-corrected chi connectivity index (χ4v) is 1.22. The highest BCUT2D eigenvalue weighted by atomic mass is 19.1. The van der Waals surface area contributed by atoms with Gasteiger partial charge in [0.05, 0.1) is 0 Å². The number of hydrogen-bond donors (Lipinski definition) is 2. The van der Waals surface area contributed by atoms with E-state index in [0.29, 0.717) is 5.56 Å². The van der Waals surface area contributed by atoms with E-state index in [-0.39, 0.29) is 5.69 Å². The van der Waals surface area contributed by atoms with Crippen molar-refractivity contribution in [3.8, 4) is 0 Å². The van der Waals surface area contributed by atoms with Crippen molar-refractivity contribution in [1.29, 1.82) is 0 Å². The van der Waals surface area contributed by atoms with Crippen LogP contribution in [0.3, 0.4) is 0 Å². The molecule has 0 radical (unpaired) electrons. The zero-order chi connectivity index (χ0) is 10.1. The van der Waals surface area contributed by atoms with Crippen LogP contribution in [0.4, 0.5) is 14.9 Å². The van der Waals surface area contributed by atoms with Crippen molar-refractivity contribution >= 4 is 11.7 Å². The number of azo groups is 1. The van der Waals surface area contributed by atoms with Crippen LogP contribution in [0.5, 0.6) is 0 Å². The van der Waals surface area contributed by atoms with Gasteiger partial charge in [0.2, 0.25) is 0 Å². The van der Waals surface area contributed by atoms with Crippen molar-refractivity contribution in [3.05, 3.63) is 29.6 Å². The maximum Gasteiger partial charge on any atom is 0.361 e. The first-order chi connectivity index (χ1) is 6.66. The molecule has 5 nitrogen and oxygen atoms in total. The second kappa shape index (κ2) is 3.06. The average Bonchev–Trinajstić information content (AvgIpc) is 2.51. The number of amides is 2. The molecule has 6 heteroatoms. The monoisotopic (exact) mass is 194 g/mol. The van der Waals surface area contributed by atoms with E-state index in [1.54, 1.807) is 0 Å². The lowest BCUT2D eigenvalue weighted by molar-refractivity contribution is 0.250. The van der Waals surface area contributed by atoms with Crippen LogP contribution < -0.4 is 11.1 Å². The number of urea groups is 1. The Bertz CT molecular complexity index is 418. The van der Waals surface area contributed by atoms with E-state index in [2.05, 4.69) is 15.5 Å². The second-order valence-corrected chi connectivity index (χ2v) is 2.84. The maximum absolute atomic E-state index is 12.7. The number of nitrogen functional groups attached to an aromatic ring is 1. The standard InChI is InChI=1S/C8H7FN4O/c9-4-1-2-5(6(10)3-4)7-11-8(14)13-12-7/h1-3,7H,10H2,(H,11,14). The summed E-state index contributed by atoms with van der Waals surface area (Å²) in [5, 5.41) is 9.38. The highest BCUT2D eigenvalue weighted by molar-refractivity contribution is 5.76. The molecule has 1 unspecified atom stereocenters. The van der Waals surface area contributed by atoms with Gasteiger partial charge in [-0.3, -0.25) is 0 Å². The Morgan fingerprint density at radius 1 is 1.50 bits per heavy atom. The highest BCUT2D eigenvalue weighted by Gasteiger charge is 2.21. The van der Waals surface area contributed by atoms with E-state index in [9.17, 15) is 9.18 Å². The van der Waals surface area contributed by atoms with E-state index in [4.69, 9.17) is 5.73 Å². The van der Waals surface area contributed by atoms with E-state index >= 15 is 0 Å². The molecule has 0 fully saturated rings. The summed E-state index contributed by atoms with van der Waals surface area (Å²) >= 11 is 0. The summed E-state index contributed by atoms with van der Waals surface area (Å²) in [6.07, 6.45) is -0.594. The van der Waals surface area contributed by atoms with Gasteiger partial charge in [-0.05, 0) is 18.2 Å². The second-order valence-electron chi connectivity index (χ2n) is 2.84. The molecule has 0 bridgehead atoms. The van der Waals surface area contributed by atoms with Gasteiger partial charge in [-0.25, -0.2) is 9.18 Å². The number of benzene rings is 1. The van der Waals surface area contributed by atoms with Gasteiger partial charge in [-0.15, -0.1) is 0 Å². The lowest BCUT2D eigenvalue weighted by atomic mass is 10.1. The lowest BCUT2D eigenvalue weighted by Crippen LogP contribution is -2.19. The van der Waals surface area contributed by atoms with Crippen LogP contribution in [0.2, 0.25) is 0 Å². The predicted molar refractivity (Wildman–Crippen MR) is 46.9 cm³/mol. The van der Waals surface area contributed by atoms with E-state index in [1.165, 1.54) is 18.2 Å². The van der Waals surface area contributed by atoms with Crippen LogP contribution in [-0.4, -0.2) is 6.03 Å². The third-order valence-corrected chi connectivity index (χ3v) is 1.87. The minimum Gasteiger partial charge on any atom is -0.398 e. The van der Waals surface area contributed by atoms with Gasteiger partial charge < -0.3 is 11.1 Å². The quantitative estimate of drug-likeness (QED) is 0.665. The van der Waals surface area contributed by atoms with Crippen molar-refractivity contribution in [1.82, 2.24) is 5.32 Å². The molecular formula is C8H7FN4O. The summed E-state index contributed by atoms with van der Waals surface area (Å²) in [5.41, 5.74) is 6.34. The van der Waals surface area contributed by atoms with Crippen molar-refractivity contribution in [2.45, 2.75) is 6.17 Å². The smallest absolute Gasteiger partial charge is 0.361 e. The summed E-state index contributed by atoms with van der Waals surface area (Å²) in [4.78, 5) is 10.7. The van der Waals surface area contributed by atoms with Crippen LogP contribution in [0, 0.1) is 5.82 Å². The van der Waals surface area contributed by atoms with Crippen LogP contribution in [0.15, 0.2) is 28.4 Å². The van der Waals surface area contributed by atoms with Gasteiger partial charge in [0.15, 0.2) is 6.17 Å². The van der Waals surface area contributed by atoms with Crippen molar-refractivity contribution in [2.75, 3.05) is 5.73 Å². The van der Waals surface area contributed by atoms with Gasteiger partial charge in [0, 0.05) is 11.3 Å². The lowest BCUT2D eigenvalue weighted by Gasteiger charge is -2.09. The molecule has 1 heterocycles. The number of nitrogens with zero attached hydrogens (tertiary/aromatic N) is 2.